The smallest absolute Gasteiger partial charge is 0.324 e. The van der Waals surface area contributed by atoms with Crippen LogP contribution in [0.15, 0.2) is 70.7 Å². The Labute approximate surface area is 171 Å². The van der Waals surface area contributed by atoms with Crippen molar-refractivity contribution in [3.63, 3.8) is 0 Å². The monoisotopic (exact) mass is 415 g/mol. The number of benzene rings is 2. The Hall–Kier alpha value is -2.54. The number of halogens is 3. The minimum absolute atomic E-state index is 0.117. The van der Waals surface area contributed by atoms with E-state index in [2.05, 4.69) is 21.4 Å². The number of nitrogens with one attached hydrogen (secondary N) is 1. The lowest BCUT2D eigenvalue weighted by molar-refractivity contribution is -0.140. The molecular weight excluding hydrogens is 395 g/mol. The molecule has 0 saturated heterocycles. The molecule has 1 fully saturated rings. The van der Waals surface area contributed by atoms with Crippen LogP contribution >= 0.6 is 11.8 Å². The standard InChI is InChI=1S/C22H20F3N3S/c23-22(24,25)19-14-26-21(28-20(19)29-18-11-2-1-3-12-18)27-17-10-6-9-16(13-17)15-7-4-5-8-15/h1-3,6,9-15H,4-5,7-8H2,(H,26,27,28). The minimum Gasteiger partial charge on any atom is -0.324 e. The third kappa shape index (κ3) is 4.90. The average molecular weight is 415 g/mol. The fourth-order valence-corrected chi connectivity index (χ4v) is 4.48. The van der Waals surface area contributed by atoms with Crippen molar-refractivity contribution in [2.75, 3.05) is 5.32 Å². The van der Waals surface area contributed by atoms with Crippen molar-refractivity contribution in [2.45, 2.75) is 47.7 Å². The van der Waals surface area contributed by atoms with Crippen molar-refractivity contribution < 1.29 is 13.2 Å². The molecule has 0 radical (unpaired) electrons. The first kappa shape index (κ1) is 19.8. The maximum atomic E-state index is 13.4. The number of nitrogens with zero attached hydrogens (tertiary/aromatic N) is 2. The predicted molar refractivity (Wildman–Crippen MR) is 109 cm³/mol. The van der Waals surface area contributed by atoms with Gasteiger partial charge in [-0.1, -0.05) is 54.9 Å². The SMILES string of the molecule is FC(F)(F)c1cnc(Nc2cccc(C3CCCC3)c2)nc1Sc1ccccc1. The fourth-order valence-electron chi connectivity index (χ4n) is 3.56. The molecule has 1 aromatic heterocycles. The Morgan fingerprint density at radius 3 is 2.45 bits per heavy atom. The van der Waals surface area contributed by atoms with Crippen LogP contribution in [0.1, 0.15) is 42.7 Å². The molecule has 2 aromatic carbocycles. The van der Waals surface area contributed by atoms with E-state index in [1.807, 2.05) is 24.3 Å². The molecule has 1 N–H and O–H groups in total. The first-order valence-electron chi connectivity index (χ1n) is 9.53. The highest BCUT2D eigenvalue weighted by Crippen LogP contribution is 2.39. The molecule has 1 saturated carbocycles. The van der Waals surface area contributed by atoms with Gasteiger partial charge in [0, 0.05) is 16.8 Å². The van der Waals surface area contributed by atoms with Crippen molar-refractivity contribution >= 4 is 23.4 Å². The van der Waals surface area contributed by atoms with E-state index in [9.17, 15) is 13.2 Å². The van der Waals surface area contributed by atoms with E-state index in [0.717, 1.165) is 23.6 Å². The lowest BCUT2D eigenvalue weighted by atomic mass is 9.97. The van der Waals surface area contributed by atoms with E-state index in [1.165, 1.54) is 31.2 Å². The Balaban J connectivity index is 1.61. The van der Waals surface area contributed by atoms with Crippen LogP contribution in [0.25, 0.3) is 0 Å². The van der Waals surface area contributed by atoms with E-state index in [4.69, 9.17) is 0 Å². The van der Waals surface area contributed by atoms with Gasteiger partial charge in [-0.3, -0.25) is 0 Å². The Morgan fingerprint density at radius 1 is 0.966 bits per heavy atom. The highest BCUT2D eigenvalue weighted by molar-refractivity contribution is 7.99. The van der Waals surface area contributed by atoms with Gasteiger partial charge in [0.05, 0.1) is 0 Å². The van der Waals surface area contributed by atoms with Crippen LogP contribution in [0.3, 0.4) is 0 Å². The molecule has 0 bridgehead atoms. The highest BCUT2D eigenvalue weighted by atomic mass is 32.2. The van der Waals surface area contributed by atoms with Crippen LogP contribution in [0.2, 0.25) is 0 Å². The van der Waals surface area contributed by atoms with Gasteiger partial charge < -0.3 is 5.32 Å². The second-order valence-corrected chi connectivity index (χ2v) is 8.12. The van der Waals surface area contributed by atoms with Crippen molar-refractivity contribution in [2.24, 2.45) is 0 Å². The Kier molecular flexibility index (Phi) is 5.76. The van der Waals surface area contributed by atoms with Crippen LogP contribution in [-0.2, 0) is 6.18 Å². The van der Waals surface area contributed by atoms with Gasteiger partial charge in [-0.2, -0.15) is 13.2 Å². The van der Waals surface area contributed by atoms with Crippen LogP contribution in [0, 0.1) is 0 Å². The summed E-state index contributed by atoms with van der Waals surface area (Å²) in [5.74, 6) is 0.703. The summed E-state index contributed by atoms with van der Waals surface area (Å²) in [6.07, 6.45) is 1.17. The summed E-state index contributed by atoms with van der Waals surface area (Å²) in [5.41, 5.74) is 1.19. The van der Waals surface area contributed by atoms with E-state index in [1.54, 1.807) is 24.3 Å². The quantitative estimate of drug-likeness (QED) is 0.453. The second kappa shape index (κ2) is 8.45. The molecule has 0 unspecified atom stereocenters. The summed E-state index contributed by atoms with van der Waals surface area (Å²) in [6, 6.07) is 16.9. The zero-order valence-corrected chi connectivity index (χ0v) is 16.4. The molecule has 1 aliphatic rings. The lowest BCUT2D eigenvalue weighted by Crippen LogP contribution is -2.10. The number of hydrogen-bond acceptors (Lipinski definition) is 4. The van der Waals surface area contributed by atoms with E-state index in [-0.39, 0.29) is 11.0 Å². The van der Waals surface area contributed by atoms with Crippen molar-refractivity contribution in [1.82, 2.24) is 9.97 Å². The second-order valence-electron chi connectivity index (χ2n) is 7.06. The Morgan fingerprint density at radius 2 is 1.72 bits per heavy atom. The molecule has 3 nitrogen and oxygen atoms in total. The van der Waals surface area contributed by atoms with Gasteiger partial charge in [0.1, 0.15) is 10.6 Å². The van der Waals surface area contributed by atoms with Crippen molar-refractivity contribution in [1.29, 1.82) is 0 Å². The molecular formula is C22H20F3N3S. The van der Waals surface area contributed by atoms with Gasteiger partial charge in [0.2, 0.25) is 5.95 Å². The van der Waals surface area contributed by atoms with Crippen LogP contribution < -0.4 is 5.32 Å². The molecule has 1 aliphatic carbocycles. The third-order valence-electron chi connectivity index (χ3n) is 4.99. The number of anilines is 2. The molecule has 0 aliphatic heterocycles. The molecule has 1 heterocycles. The van der Waals surface area contributed by atoms with Gasteiger partial charge in [-0.05, 0) is 48.6 Å². The van der Waals surface area contributed by atoms with Crippen LogP contribution in [0.4, 0.5) is 24.8 Å². The maximum Gasteiger partial charge on any atom is 0.420 e. The maximum absolute atomic E-state index is 13.4. The van der Waals surface area contributed by atoms with Gasteiger partial charge >= 0.3 is 6.18 Å². The minimum atomic E-state index is -4.52. The summed E-state index contributed by atoms with van der Waals surface area (Å²) in [6.45, 7) is 0. The molecule has 29 heavy (non-hydrogen) atoms. The van der Waals surface area contributed by atoms with Crippen LogP contribution in [-0.4, -0.2) is 9.97 Å². The fraction of sp³-hybridized carbons (Fsp3) is 0.273. The van der Waals surface area contributed by atoms with Crippen LogP contribution in [0.5, 0.6) is 0 Å². The normalized spacial score (nSPS) is 14.9. The molecule has 7 heteroatoms. The van der Waals surface area contributed by atoms with E-state index >= 15 is 0 Å². The zero-order valence-electron chi connectivity index (χ0n) is 15.6. The molecule has 0 spiro atoms. The third-order valence-corrected chi connectivity index (χ3v) is 6.00. The first-order chi connectivity index (χ1) is 14.0. The topological polar surface area (TPSA) is 37.8 Å². The highest BCUT2D eigenvalue weighted by Gasteiger charge is 2.35. The average Bonchev–Trinajstić information content (AvgIpc) is 3.23. The number of aromatic nitrogens is 2. The zero-order chi connectivity index (χ0) is 20.3. The summed E-state index contributed by atoms with van der Waals surface area (Å²) in [5, 5.41) is 2.95. The van der Waals surface area contributed by atoms with Crippen molar-refractivity contribution in [3.8, 4) is 0 Å². The van der Waals surface area contributed by atoms with Crippen molar-refractivity contribution in [3.05, 3.63) is 71.9 Å². The number of alkyl halides is 3. The van der Waals surface area contributed by atoms with E-state index in [0.29, 0.717) is 10.8 Å². The number of hydrogen-bond donors (Lipinski definition) is 1. The summed E-state index contributed by atoms with van der Waals surface area (Å²) in [7, 11) is 0. The summed E-state index contributed by atoms with van der Waals surface area (Å²) < 4.78 is 40.3. The van der Waals surface area contributed by atoms with Gasteiger partial charge in [0.15, 0.2) is 0 Å². The molecule has 4 rings (SSSR count). The molecule has 3 aromatic rings. The summed E-state index contributed by atoms with van der Waals surface area (Å²) >= 11 is 0.978. The molecule has 0 atom stereocenters. The van der Waals surface area contributed by atoms with Gasteiger partial charge in [0.25, 0.3) is 0 Å². The molecule has 150 valence electrons. The van der Waals surface area contributed by atoms with E-state index < -0.39 is 11.7 Å². The predicted octanol–water partition coefficient (Wildman–Crippen LogP) is 7.05. The lowest BCUT2D eigenvalue weighted by Gasteiger charge is -2.14. The van der Waals surface area contributed by atoms with Gasteiger partial charge in [-0.15, -0.1) is 0 Å². The summed E-state index contributed by atoms with van der Waals surface area (Å²) in [4.78, 5) is 8.78. The first-order valence-corrected chi connectivity index (χ1v) is 10.3. The number of rotatable bonds is 5. The molecule has 0 amide bonds. The largest absolute Gasteiger partial charge is 0.420 e. The Bertz CT molecular complexity index is 971. The van der Waals surface area contributed by atoms with Gasteiger partial charge in [-0.25, -0.2) is 9.97 Å².